The van der Waals surface area contributed by atoms with Gasteiger partial charge in [-0.1, -0.05) is 6.07 Å². The van der Waals surface area contributed by atoms with Crippen molar-refractivity contribution in [3.8, 4) is 0 Å². The Balaban J connectivity index is 0.00000200. The molecule has 4 heteroatoms. The third-order valence-electron chi connectivity index (χ3n) is 3.75. The van der Waals surface area contributed by atoms with E-state index < -0.39 is 0 Å². The maximum absolute atomic E-state index is 12.6. The van der Waals surface area contributed by atoms with Crippen molar-refractivity contribution in [2.45, 2.75) is 33.6 Å². The van der Waals surface area contributed by atoms with E-state index in [1.807, 2.05) is 11.8 Å². The number of carbonyl (C=O) groups is 1. The van der Waals surface area contributed by atoms with Gasteiger partial charge in [0.05, 0.1) is 5.92 Å². The van der Waals surface area contributed by atoms with Crippen molar-refractivity contribution in [2.24, 2.45) is 5.92 Å². The second-order valence-corrected chi connectivity index (χ2v) is 5.47. The Bertz CT molecular complexity index is 436. The molecule has 0 radical (unpaired) electrons. The largest absolute Gasteiger partial charge is 0.316 e. The zero-order chi connectivity index (χ0) is 13.8. The molecule has 0 saturated carbocycles. The Morgan fingerprint density at radius 3 is 2.45 bits per heavy atom. The molecule has 112 valence electrons. The van der Waals surface area contributed by atoms with Crippen LogP contribution in [0, 0.1) is 19.8 Å². The normalized spacial score (nSPS) is 18.2. The first-order chi connectivity index (χ1) is 9.11. The highest BCUT2D eigenvalue weighted by Crippen LogP contribution is 2.22. The summed E-state index contributed by atoms with van der Waals surface area (Å²) in [5.74, 6) is 0.397. The number of nitrogens with one attached hydrogen (secondary N) is 1. The Hall–Kier alpha value is -1.06. The van der Waals surface area contributed by atoms with Crippen LogP contribution in [-0.2, 0) is 4.79 Å². The quantitative estimate of drug-likeness (QED) is 0.930. The van der Waals surface area contributed by atoms with E-state index >= 15 is 0 Å². The fourth-order valence-corrected chi connectivity index (χ4v) is 2.86. The summed E-state index contributed by atoms with van der Waals surface area (Å²) >= 11 is 0. The first-order valence-electron chi connectivity index (χ1n) is 7.22. The Morgan fingerprint density at radius 2 is 1.95 bits per heavy atom. The molecule has 1 saturated heterocycles. The predicted molar refractivity (Wildman–Crippen MR) is 86.8 cm³/mol. The van der Waals surface area contributed by atoms with Crippen molar-refractivity contribution < 1.29 is 4.79 Å². The number of halogens is 1. The molecule has 20 heavy (non-hydrogen) atoms. The summed E-state index contributed by atoms with van der Waals surface area (Å²) in [6, 6.07) is 6.35. The van der Waals surface area contributed by atoms with Gasteiger partial charge in [-0.05, 0) is 63.4 Å². The number of piperidine rings is 1. The molecule has 1 aromatic carbocycles. The van der Waals surface area contributed by atoms with Gasteiger partial charge in [0.15, 0.2) is 0 Å². The monoisotopic (exact) mass is 296 g/mol. The zero-order valence-electron chi connectivity index (χ0n) is 12.6. The summed E-state index contributed by atoms with van der Waals surface area (Å²) in [5.41, 5.74) is 3.46. The van der Waals surface area contributed by atoms with Crippen molar-refractivity contribution in [2.75, 3.05) is 24.5 Å². The molecule has 0 spiro atoms. The topological polar surface area (TPSA) is 32.3 Å². The van der Waals surface area contributed by atoms with E-state index in [2.05, 4.69) is 37.4 Å². The lowest BCUT2D eigenvalue weighted by Gasteiger charge is -2.29. The lowest BCUT2D eigenvalue weighted by Crippen LogP contribution is -2.43. The maximum Gasteiger partial charge on any atom is 0.231 e. The molecule has 0 aliphatic carbocycles. The average molecular weight is 297 g/mol. The second-order valence-electron chi connectivity index (χ2n) is 5.47. The smallest absolute Gasteiger partial charge is 0.231 e. The Kier molecular flexibility index (Phi) is 6.50. The molecule has 1 aliphatic heterocycles. The van der Waals surface area contributed by atoms with Crippen LogP contribution in [0.2, 0.25) is 0 Å². The number of amides is 1. The minimum atomic E-state index is 0. The van der Waals surface area contributed by atoms with Gasteiger partial charge in [0.25, 0.3) is 0 Å². The molecule has 1 unspecified atom stereocenters. The zero-order valence-corrected chi connectivity index (χ0v) is 13.4. The molecule has 1 atom stereocenters. The van der Waals surface area contributed by atoms with Crippen LogP contribution in [0.3, 0.4) is 0 Å². The van der Waals surface area contributed by atoms with Gasteiger partial charge >= 0.3 is 0 Å². The van der Waals surface area contributed by atoms with Crippen LogP contribution in [0.5, 0.6) is 0 Å². The molecule has 1 N–H and O–H groups in total. The first kappa shape index (κ1) is 17.0. The number of anilines is 1. The molecule has 1 heterocycles. The number of benzene rings is 1. The van der Waals surface area contributed by atoms with Crippen LogP contribution in [0.25, 0.3) is 0 Å². The summed E-state index contributed by atoms with van der Waals surface area (Å²) in [6.45, 7) is 8.80. The summed E-state index contributed by atoms with van der Waals surface area (Å²) < 4.78 is 0. The first-order valence-corrected chi connectivity index (χ1v) is 7.22. The van der Waals surface area contributed by atoms with Gasteiger partial charge in [-0.2, -0.15) is 0 Å². The van der Waals surface area contributed by atoms with E-state index in [-0.39, 0.29) is 24.2 Å². The number of hydrogen-bond donors (Lipinski definition) is 1. The molecule has 1 fully saturated rings. The van der Waals surface area contributed by atoms with Crippen molar-refractivity contribution in [3.63, 3.8) is 0 Å². The molecule has 1 aliphatic rings. The van der Waals surface area contributed by atoms with Gasteiger partial charge in [0, 0.05) is 18.8 Å². The Morgan fingerprint density at radius 1 is 1.30 bits per heavy atom. The summed E-state index contributed by atoms with van der Waals surface area (Å²) in [7, 11) is 0. The van der Waals surface area contributed by atoms with E-state index in [1.54, 1.807) is 0 Å². The van der Waals surface area contributed by atoms with Crippen molar-refractivity contribution in [3.05, 3.63) is 29.3 Å². The molecular weight excluding hydrogens is 272 g/mol. The van der Waals surface area contributed by atoms with E-state index in [4.69, 9.17) is 0 Å². The highest BCUT2D eigenvalue weighted by Gasteiger charge is 2.26. The van der Waals surface area contributed by atoms with Crippen LogP contribution < -0.4 is 10.2 Å². The van der Waals surface area contributed by atoms with E-state index in [1.165, 1.54) is 11.1 Å². The number of nitrogens with zero attached hydrogens (tertiary/aromatic N) is 1. The molecule has 3 nitrogen and oxygen atoms in total. The van der Waals surface area contributed by atoms with Crippen LogP contribution in [0.4, 0.5) is 5.69 Å². The lowest BCUT2D eigenvalue weighted by atomic mass is 9.97. The summed E-state index contributed by atoms with van der Waals surface area (Å²) in [4.78, 5) is 14.6. The van der Waals surface area contributed by atoms with Crippen LogP contribution in [0.15, 0.2) is 18.2 Å². The van der Waals surface area contributed by atoms with Crippen LogP contribution >= 0.6 is 12.4 Å². The fraction of sp³-hybridized carbons (Fsp3) is 0.562. The van der Waals surface area contributed by atoms with Crippen LogP contribution in [-0.4, -0.2) is 25.5 Å². The Labute approximate surface area is 128 Å². The maximum atomic E-state index is 12.6. The van der Waals surface area contributed by atoms with Gasteiger partial charge < -0.3 is 10.2 Å². The molecule has 0 bridgehead atoms. The minimum absolute atomic E-state index is 0. The van der Waals surface area contributed by atoms with Gasteiger partial charge in [-0.3, -0.25) is 4.79 Å². The number of rotatable bonds is 3. The van der Waals surface area contributed by atoms with E-state index in [9.17, 15) is 4.79 Å². The van der Waals surface area contributed by atoms with E-state index in [0.29, 0.717) is 0 Å². The standard InChI is InChI=1S/C16H24N2O.ClH/c1-4-18(15-9-12(2)8-13(3)10-15)16(19)14-6-5-7-17-11-14;/h8-10,14,17H,4-7,11H2,1-3H3;1H. The lowest BCUT2D eigenvalue weighted by molar-refractivity contribution is -0.122. The van der Waals surface area contributed by atoms with Gasteiger partial charge in [0.2, 0.25) is 5.91 Å². The average Bonchev–Trinajstić information content (AvgIpc) is 2.39. The predicted octanol–water partition coefficient (Wildman–Crippen LogP) is 3.08. The summed E-state index contributed by atoms with van der Waals surface area (Å²) in [5, 5.41) is 3.32. The third kappa shape index (κ3) is 3.97. The highest BCUT2D eigenvalue weighted by molar-refractivity contribution is 5.95. The van der Waals surface area contributed by atoms with Crippen molar-refractivity contribution in [1.82, 2.24) is 5.32 Å². The minimum Gasteiger partial charge on any atom is -0.316 e. The number of aryl methyl sites for hydroxylation is 2. The number of hydrogen-bond acceptors (Lipinski definition) is 2. The second kappa shape index (κ2) is 7.65. The fourth-order valence-electron chi connectivity index (χ4n) is 2.86. The number of carbonyl (C=O) groups excluding carboxylic acids is 1. The molecule has 1 amide bonds. The molecule has 2 rings (SSSR count). The van der Waals surface area contributed by atoms with Crippen molar-refractivity contribution in [1.29, 1.82) is 0 Å². The molecular formula is C16H25ClN2O. The summed E-state index contributed by atoms with van der Waals surface area (Å²) in [6.07, 6.45) is 2.11. The third-order valence-corrected chi connectivity index (χ3v) is 3.75. The van der Waals surface area contributed by atoms with Gasteiger partial charge in [0.1, 0.15) is 0 Å². The highest BCUT2D eigenvalue weighted by atomic mass is 35.5. The van der Waals surface area contributed by atoms with E-state index in [0.717, 1.165) is 38.2 Å². The van der Waals surface area contributed by atoms with Gasteiger partial charge in [-0.25, -0.2) is 0 Å². The van der Waals surface area contributed by atoms with Crippen LogP contribution in [0.1, 0.15) is 30.9 Å². The molecule has 1 aromatic rings. The van der Waals surface area contributed by atoms with Crippen molar-refractivity contribution >= 4 is 24.0 Å². The molecule has 0 aromatic heterocycles. The SMILES string of the molecule is CCN(C(=O)C1CCCNC1)c1cc(C)cc(C)c1.Cl. The van der Waals surface area contributed by atoms with Gasteiger partial charge in [-0.15, -0.1) is 12.4 Å².